The number of nitrogen functional groups attached to an aromatic ring is 1. The maximum Gasteiger partial charge on any atom is 0.199 e. The highest BCUT2D eigenvalue weighted by molar-refractivity contribution is 7.18. The molecule has 0 saturated carbocycles. The van der Waals surface area contributed by atoms with E-state index in [0.29, 0.717) is 17.4 Å². The van der Waals surface area contributed by atoms with Gasteiger partial charge in [-0.3, -0.25) is 0 Å². The van der Waals surface area contributed by atoms with Crippen LogP contribution >= 0.6 is 11.3 Å². The largest absolute Gasteiger partial charge is 0.461 e. The number of thiophene rings is 1. The van der Waals surface area contributed by atoms with Gasteiger partial charge in [-0.1, -0.05) is 13.8 Å². The number of furan rings is 1. The molecular weight excluding hydrogens is 284 g/mol. The number of hydrogen-bond acceptors (Lipinski definition) is 6. The Morgan fingerprint density at radius 1 is 1.29 bits per heavy atom. The first-order chi connectivity index (χ1) is 10.1. The average molecular weight is 304 g/mol. The Bertz CT molecular complexity index is 704. The summed E-state index contributed by atoms with van der Waals surface area (Å²) < 4.78 is 5.31. The molecule has 3 heterocycles. The van der Waals surface area contributed by atoms with E-state index in [9.17, 15) is 0 Å². The summed E-state index contributed by atoms with van der Waals surface area (Å²) >= 11 is 1.64. The molecule has 2 N–H and O–H groups in total. The Labute approximate surface area is 128 Å². The van der Waals surface area contributed by atoms with Gasteiger partial charge < -0.3 is 15.1 Å². The molecule has 0 aliphatic carbocycles. The summed E-state index contributed by atoms with van der Waals surface area (Å²) in [5, 5.41) is 0.914. The molecule has 0 radical (unpaired) electrons. The van der Waals surface area contributed by atoms with E-state index < -0.39 is 0 Å². The fourth-order valence-corrected chi connectivity index (χ4v) is 3.05. The minimum Gasteiger partial charge on any atom is -0.461 e. The lowest BCUT2D eigenvalue weighted by Crippen LogP contribution is -2.09. The fourth-order valence-electron chi connectivity index (χ4n) is 1.90. The highest BCUT2D eigenvalue weighted by Crippen LogP contribution is 2.30. The second-order valence-corrected chi connectivity index (χ2v) is 5.69. The van der Waals surface area contributed by atoms with Crippen LogP contribution in [0.25, 0.3) is 21.8 Å². The van der Waals surface area contributed by atoms with Crippen LogP contribution in [0.5, 0.6) is 0 Å². The average Bonchev–Trinajstić information content (AvgIpc) is 3.09. The van der Waals surface area contributed by atoms with Crippen LogP contribution in [0.1, 0.15) is 18.7 Å². The normalized spacial score (nSPS) is 10.7. The summed E-state index contributed by atoms with van der Waals surface area (Å²) in [5.74, 6) is 1.67. The first-order valence-electron chi connectivity index (χ1n) is 6.88. The lowest BCUT2D eigenvalue weighted by molar-refractivity contribution is 0.406. The zero-order chi connectivity index (χ0) is 15.4. The number of hydrogen-bond donors (Lipinski definition) is 1. The minimum atomic E-state index is 0.498. The van der Waals surface area contributed by atoms with Crippen LogP contribution in [0.15, 0.2) is 28.9 Å². The molecule has 0 spiro atoms. The van der Waals surface area contributed by atoms with Crippen LogP contribution in [0.3, 0.4) is 0 Å². The van der Waals surface area contributed by atoms with Gasteiger partial charge in [0.25, 0.3) is 0 Å². The van der Waals surface area contributed by atoms with E-state index in [4.69, 9.17) is 10.2 Å². The van der Waals surface area contributed by atoms with Crippen molar-refractivity contribution in [2.24, 2.45) is 0 Å². The Hall–Kier alpha value is -1.92. The number of anilines is 1. The number of nitrogens with two attached hydrogens (primary N) is 1. The standard InChI is InChI=1S/C13H14N4OS.C2H6/c1-17(2)7-8-6-9-11(14)15-12(16-13(9)19-8)10-4-3-5-18-10;1-2/h3-6H,7H2,1-2H3,(H2,14,15,16);1-2H3. The van der Waals surface area contributed by atoms with Gasteiger partial charge in [-0.2, -0.15) is 0 Å². The van der Waals surface area contributed by atoms with Gasteiger partial charge in [-0.15, -0.1) is 11.3 Å². The molecule has 5 nitrogen and oxygen atoms in total. The van der Waals surface area contributed by atoms with E-state index in [2.05, 4.69) is 20.9 Å². The van der Waals surface area contributed by atoms with E-state index in [1.807, 2.05) is 40.1 Å². The smallest absolute Gasteiger partial charge is 0.199 e. The molecule has 3 aromatic heterocycles. The molecule has 21 heavy (non-hydrogen) atoms. The molecule has 3 aromatic rings. The van der Waals surface area contributed by atoms with Crippen molar-refractivity contribution in [3.63, 3.8) is 0 Å². The SMILES string of the molecule is CC.CN(C)Cc1cc2c(N)nc(-c3ccco3)nc2s1. The predicted octanol–water partition coefficient (Wildman–Crippen LogP) is 3.62. The van der Waals surface area contributed by atoms with Gasteiger partial charge in [-0.05, 0) is 32.3 Å². The summed E-state index contributed by atoms with van der Waals surface area (Å²) in [6.07, 6.45) is 1.60. The zero-order valence-electron chi connectivity index (χ0n) is 12.8. The van der Waals surface area contributed by atoms with Crippen LogP contribution < -0.4 is 5.73 Å². The van der Waals surface area contributed by atoms with E-state index in [1.54, 1.807) is 17.6 Å². The van der Waals surface area contributed by atoms with Gasteiger partial charge in [0.2, 0.25) is 0 Å². The van der Waals surface area contributed by atoms with Crippen molar-refractivity contribution in [2.45, 2.75) is 20.4 Å². The minimum absolute atomic E-state index is 0.498. The second kappa shape index (κ2) is 6.69. The summed E-state index contributed by atoms with van der Waals surface area (Å²) in [4.78, 5) is 13.1. The molecule has 6 heteroatoms. The maximum atomic E-state index is 6.01. The number of fused-ring (bicyclic) bond motifs is 1. The number of aromatic nitrogens is 2. The van der Waals surface area contributed by atoms with E-state index >= 15 is 0 Å². The first-order valence-corrected chi connectivity index (χ1v) is 7.69. The molecule has 0 fully saturated rings. The highest BCUT2D eigenvalue weighted by Gasteiger charge is 2.12. The second-order valence-electron chi connectivity index (χ2n) is 4.58. The zero-order valence-corrected chi connectivity index (χ0v) is 13.6. The van der Waals surface area contributed by atoms with E-state index in [1.165, 1.54) is 4.88 Å². The lowest BCUT2D eigenvalue weighted by atomic mass is 10.3. The summed E-state index contributed by atoms with van der Waals surface area (Å²) in [6, 6.07) is 5.70. The number of nitrogens with zero attached hydrogens (tertiary/aromatic N) is 3. The first kappa shape index (κ1) is 15.5. The van der Waals surface area contributed by atoms with Crippen LogP contribution in [-0.2, 0) is 6.54 Å². The van der Waals surface area contributed by atoms with Crippen molar-refractivity contribution in [3.8, 4) is 11.6 Å². The van der Waals surface area contributed by atoms with Crippen molar-refractivity contribution in [1.82, 2.24) is 14.9 Å². The Kier molecular flexibility index (Phi) is 4.93. The van der Waals surface area contributed by atoms with Crippen LogP contribution in [0.2, 0.25) is 0 Å². The molecule has 0 atom stereocenters. The van der Waals surface area contributed by atoms with Gasteiger partial charge in [0, 0.05) is 11.4 Å². The number of rotatable bonds is 3. The maximum absolute atomic E-state index is 6.01. The van der Waals surface area contributed by atoms with Crippen molar-refractivity contribution < 1.29 is 4.42 Å². The lowest BCUT2D eigenvalue weighted by Gasteiger charge is -2.05. The van der Waals surface area contributed by atoms with Crippen molar-refractivity contribution in [2.75, 3.05) is 19.8 Å². The van der Waals surface area contributed by atoms with Crippen LogP contribution in [0.4, 0.5) is 5.82 Å². The Morgan fingerprint density at radius 3 is 2.67 bits per heavy atom. The quantitative estimate of drug-likeness (QED) is 0.800. The molecule has 0 amide bonds. The van der Waals surface area contributed by atoms with Gasteiger partial charge >= 0.3 is 0 Å². The third-order valence-electron chi connectivity index (χ3n) is 2.69. The monoisotopic (exact) mass is 304 g/mol. The topological polar surface area (TPSA) is 68.2 Å². The molecule has 0 unspecified atom stereocenters. The third kappa shape index (κ3) is 3.40. The van der Waals surface area contributed by atoms with Crippen LogP contribution in [-0.4, -0.2) is 29.0 Å². The predicted molar refractivity (Wildman–Crippen MR) is 88.3 cm³/mol. The van der Waals surface area contributed by atoms with Crippen molar-refractivity contribution in [3.05, 3.63) is 29.3 Å². The van der Waals surface area contributed by atoms with Gasteiger partial charge in [0.1, 0.15) is 10.6 Å². The molecule has 0 aliphatic heterocycles. The molecule has 0 bridgehead atoms. The van der Waals surface area contributed by atoms with Gasteiger partial charge in [0.15, 0.2) is 11.6 Å². The van der Waals surface area contributed by atoms with Crippen LogP contribution in [0, 0.1) is 0 Å². The summed E-state index contributed by atoms with van der Waals surface area (Å²) in [5.41, 5.74) is 6.01. The molecule has 0 saturated heterocycles. The molecule has 0 aromatic carbocycles. The Balaban J connectivity index is 0.000000774. The van der Waals surface area contributed by atoms with Gasteiger partial charge in [0.05, 0.1) is 11.6 Å². The molecule has 3 rings (SSSR count). The summed E-state index contributed by atoms with van der Waals surface area (Å²) in [6.45, 7) is 4.87. The van der Waals surface area contributed by atoms with E-state index in [0.717, 1.165) is 16.8 Å². The third-order valence-corrected chi connectivity index (χ3v) is 3.70. The van der Waals surface area contributed by atoms with E-state index in [-0.39, 0.29) is 0 Å². The fraction of sp³-hybridized carbons (Fsp3) is 0.333. The van der Waals surface area contributed by atoms with Crippen molar-refractivity contribution in [1.29, 1.82) is 0 Å². The Morgan fingerprint density at radius 2 is 2.05 bits per heavy atom. The summed E-state index contributed by atoms with van der Waals surface area (Å²) in [7, 11) is 4.07. The molecule has 0 aliphatic rings. The highest BCUT2D eigenvalue weighted by atomic mass is 32.1. The van der Waals surface area contributed by atoms with Gasteiger partial charge in [-0.25, -0.2) is 9.97 Å². The van der Waals surface area contributed by atoms with Crippen molar-refractivity contribution >= 4 is 27.4 Å². The molecule has 112 valence electrons. The molecular formula is C15H20N4OS.